The molecule has 0 rings (SSSR count). The number of carbonyl (C=O) groups is 4. The largest absolute Gasteiger partial charge is 0.461 e. The quantitative estimate of drug-likeness (QED) is 0.0208. The summed E-state index contributed by atoms with van der Waals surface area (Å²) < 4.78 is 21.5. The van der Waals surface area contributed by atoms with E-state index in [0.717, 1.165) is 83.6 Å². The van der Waals surface area contributed by atoms with Gasteiger partial charge in [0.15, 0.2) is 0 Å². The fraction of sp³-hybridized carbons (Fsp3) is 0.818. The molecule has 1 N–H and O–H groups in total. The molecule has 0 aromatic rings. The van der Waals surface area contributed by atoms with Gasteiger partial charge in [0.05, 0.1) is 0 Å². The van der Waals surface area contributed by atoms with E-state index in [2.05, 4.69) is 31.3 Å². The lowest BCUT2D eigenvalue weighted by Crippen LogP contribution is -2.34. The average molecular weight is 844 g/mol. The summed E-state index contributed by atoms with van der Waals surface area (Å²) in [5.41, 5.74) is 0. The van der Waals surface area contributed by atoms with Crippen LogP contribution in [0.2, 0.25) is 0 Å². The van der Waals surface area contributed by atoms with E-state index in [9.17, 15) is 19.2 Å². The molecule has 0 fully saturated rings. The highest BCUT2D eigenvalue weighted by atomic mass is 33.1. The Morgan fingerprint density at radius 2 is 0.982 bits per heavy atom. The number of esters is 2. The van der Waals surface area contributed by atoms with Gasteiger partial charge in [-0.3, -0.25) is 9.59 Å². The van der Waals surface area contributed by atoms with Gasteiger partial charge in [-0.25, -0.2) is 9.59 Å². The Balaban J connectivity index is 4.36. The second kappa shape index (κ2) is 43.2. The van der Waals surface area contributed by atoms with Gasteiger partial charge in [0.25, 0.3) is 0 Å². The van der Waals surface area contributed by atoms with Crippen molar-refractivity contribution in [3.05, 3.63) is 24.3 Å². The molecule has 13 heteroatoms. The molecule has 0 saturated carbocycles. The van der Waals surface area contributed by atoms with Crippen molar-refractivity contribution in [3.8, 4) is 0 Å². The number of likely N-dealkylation sites (N-methyl/N-ethyl adjacent to an activating group) is 1. The predicted octanol–water partition coefficient (Wildman–Crippen LogP) is 10.9. The SMILES string of the molecule is CCCCCC/C=C\COC(=O)CCCCCCCN(CCCCCCCC(=O)OC/C=C\CCCCCC)C(=O)OCCSSCCOC(=O)NCCN(C)C. The summed E-state index contributed by atoms with van der Waals surface area (Å²) in [7, 11) is 7.07. The van der Waals surface area contributed by atoms with Crippen LogP contribution in [0, 0.1) is 0 Å². The smallest absolute Gasteiger partial charge is 0.409 e. The second-order valence-electron chi connectivity index (χ2n) is 14.7. The van der Waals surface area contributed by atoms with Crippen LogP contribution in [-0.2, 0) is 28.5 Å². The number of hydrogen-bond donors (Lipinski definition) is 1. The van der Waals surface area contributed by atoms with E-state index in [1.54, 1.807) is 21.6 Å². The minimum atomic E-state index is -0.407. The third-order valence-electron chi connectivity index (χ3n) is 9.04. The molecule has 0 radical (unpaired) electrons. The van der Waals surface area contributed by atoms with Crippen molar-refractivity contribution in [3.63, 3.8) is 0 Å². The lowest BCUT2D eigenvalue weighted by Gasteiger charge is -2.22. The molecule has 0 bridgehead atoms. The van der Waals surface area contributed by atoms with Gasteiger partial charge in [-0.15, -0.1) is 0 Å². The maximum atomic E-state index is 13.0. The van der Waals surface area contributed by atoms with Crippen LogP contribution in [0.3, 0.4) is 0 Å². The Morgan fingerprint density at radius 3 is 1.47 bits per heavy atom. The number of nitrogens with zero attached hydrogens (tertiary/aromatic N) is 2. The Morgan fingerprint density at radius 1 is 0.526 bits per heavy atom. The highest BCUT2D eigenvalue weighted by Gasteiger charge is 2.15. The minimum absolute atomic E-state index is 0.140. The normalized spacial score (nSPS) is 11.4. The highest BCUT2D eigenvalue weighted by Crippen LogP contribution is 2.20. The van der Waals surface area contributed by atoms with Crippen LogP contribution in [0.25, 0.3) is 0 Å². The first-order valence-corrected chi connectivity index (χ1v) is 24.6. The van der Waals surface area contributed by atoms with Crippen LogP contribution in [0.4, 0.5) is 9.59 Å². The lowest BCUT2D eigenvalue weighted by molar-refractivity contribution is -0.143. The van der Waals surface area contributed by atoms with E-state index in [-0.39, 0.29) is 18.0 Å². The average Bonchev–Trinajstić information content (AvgIpc) is 3.19. The molecule has 0 atom stereocenters. The number of rotatable bonds is 40. The van der Waals surface area contributed by atoms with Crippen LogP contribution in [-0.4, -0.2) is 112 Å². The molecule has 0 aliphatic heterocycles. The molecule has 0 heterocycles. The number of carbonyl (C=O) groups excluding carboxylic acids is 4. The number of allylic oxidation sites excluding steroid dienone is 2. The van der Waals surface area contributed by atoms with Crippen molar-refractivity contribution in [2.45, 2.75) is 155 Å². The van der Waals surface area contributed by atoms with Crippen LogP contribution in [0.15, 0.2) is 24.3 Å². The van der Waals surface area contributed by atoms with Gasteiger partial charge in [-0.1, -0.05) is 137 Å². The zero-order valence-corrected chi connectivity index (χ0v) is 38.0. The van der Waals surface area contributed by atoms with Crippen molar-refractivity contribution < 1.29 is 38.1 Å². The topological polar surface area (TPSA) is 124 Å². The molecule has 0 aromatic heterocycles. The van der Waals surface area contributed by atoms with Crippen LogP contribution < -0.4 is 5.32 Å². The molecule has 11 nitrogen and oxygen atoms in total. The number of amides is 2. The summed E-state index contributed by atoms with van der Waals surface area (Å²) in [6, 6.07) is 0. The maximum absolute atomic E-state index is 13.0. The molecular weight excluding hydrogens is 763 g/mol. The first-order chi connectivity index (χ1) is 27.8. The fourth-order valence-electron chi connectivity index (χ4n) is 5.65. The first kappa shape index (κ1) is 54.6. The second-order valence-corrected chi connectivity index (χ2v) is 17.4. The summed E-state index contributed by atoms with van der Waals surface area (Å²) in [5.74, 6) is 1.02. The van der Waals surface area contributed by atoms with Crippen LogP contribution in [0.5, 0.6) is 0 Å². The number of alkyl carbamates (subject to hydrolysis) is 1. The maximum Gasteiger partial charge on any atom is 0.409 e. The number of ether oxygens (including phenoxy) is 4. The van der Waals surface area contributed by atoms with E-state index < -0.39 is 6.09 Å². The molecule has 2 amide bonds. The summed E-state index contributed by atoms with van der Waals surface area (Å²) in [4.78, 5) is 52.7. The van der Waals surface area contributed by atoms with E-state index in [0.29, 0.717) is 70.4 Å². The highest BCUT2D eigenvalue weighted by molar-refractivity contribution is 8.76. The van der Waals surface area contributed by atoms with Gasteiger partial charge in [-0.2, -0.15) is 0 Å². The molecule has 0 spiro atoms. The Hall–Kier alpha value is -2.38. The summed E-state index contributed by atoms with van der Waals surface area (Å²) in [5, 5.41) is 2.72. The number of nitrogens with one attached hydrogen (secondary N) is 1. The third-order valence-corrected chi connectivity index (χ3v) is 11.4. The first-order valence-electron chi connectivity index (χ1n) is 22.1. The molecule has 0 aromatic carbocycles. The predicted molar refractivity (Wildman–Crippen MR) is 239 cm³/mol. The van der Waals surface area contributed by atoms with Crippen LogP contribution in [0.1, 0.15) is 155 Å². The van der Waals surface area contributed by atoms with Gasteiger partial charge in [0, 0.05) is 50.5 Å². The Bertz CT molecular complexity index is 980. The lowest BCUT2D eigenvalue weighted by atomic mass is 10.1. The van der Waals surface area contributed by atoms with Gasteiger partial charge < -0.3 is 34.1 Å². The van der Waals surface area contributed by atoms with E-state index in [4.69, 9.17) is 18.9 Å². The molecule has 332 valence electrons. The Labute approximate surface area is 355 Å². The van der Waals surface area contributed by atoms with Gasteiger partial charge in [0.1, 0.15) is 26.4 Å². The molecule has 57 heavy (non-hydrogen) atoms. The molecule has 0 aliphatic carbocycles. The summed E-state index contributed by atoms with van der Waals surface area (Å²) in [6.45, 7) is 8.34. The molecule has 0 unspecified atom stereocenters. The summed E-state index contributed by atoms with van der Waals surface area (Å²) in [6.07, 6.45) is 29.5. The monoisotopic (exact) mass is 844 g/mol. The standard InChI is InChI=1S/C44H81N3O8S2/c1-5-7-9-11-13-21-27-35-52-41(48)29-23-17-15-19-25-32-47(44(51)55-38-40-57-56-39-37-54-43(50)45-31-34-46(3)4)33-26-20-16-18-24-30-42(49)53-36-28-22-14-12-10-8-6-2/h21-22,27-28H,5-20,23-26,29-40H2,1-4H3,(H,45,50)/b27-21-,28-22-. The van der Waals surface area contributed by atoms with Gasteiger partial charge in [0.2, 0.25) is 0 Å². The van der Waals surface area contributed by atoms with E-state index in [1.165, 1.54) is 51.4 Å². The van der Waals surface area contributed by atoms with Crippen LogP contribution >= 0.6 is 21.6 Å². The van der Waals surface area contributed by atoms with Gasteiger partial charge >= 0.3 is 24.1 Å². The van der Waals surface area contributed by atoms with Crippen molar-refractivity contribution in [2.24, 2.45) is 0 Å². The molecule has 0 saturated heterocycles. The van der Waals surface area contributed by atoms with E-state index in [1.807, 2.05) is 36.0 Å². The molecular formula is C44H81N3O8S2. The zero-order chi connectivity index (χ0) is 41.9. The molecule has 0 aliphatic rings. The third kappa shape index (κ3) is 41.6. The van der Waals surface area contributed by atoms with Gasteiger partial charge in [-0.05, 0) is 65.5 Å². The van der Waals surface area contributed by atoms with Crippen molar-refractivity contribution >= 4 is 45.7 Å². The van der Waals surface area contributed by atoms with Crippen molar-refractivity contribution in [2.75, 3.05) is 78.2 Å². The van der Waals surface area contributed by atoms with E-state index >= 15 is 0 Å². The Kier molecular flexibility index (Phi) is 41.4. The van der Waals surface area contributed by atoms with Crippen molar-refractivity contribution in [1.82, 2.24) is 15.1 Å². The number of hydrogen-bond acceptors (Lipinski definition) is 11. The minimum Gasteiger partial charge on any atom is -0.461 e. The van der Waals surface area contributed by atoms with Crippen molar-refractivity contribution in [1.29, 1.82) is 0 Å². The summed E-state index contributed by atoms with van der Waals surface area (Å²) >= 11 is 0. The number of unbranched alkanes of at least 4 members (excludes halogenated alkanes) is 16. The fourth-order valence-corrected chi connectivity index (χ4v) is 7.30. The zero-order valence-electron chi connectivity index (χ0n) is 36.4.